The average molecular weight is 321 g/mol. The number of anilines is 1. The largest absolute Gasteiger partial charge is 0.381 e. The third kappa shape index (κ3) is 2.83. The van der Waals surface area contributed by atoms with Crippen LogP contribution in [0.1, 0.15) is 12.8 Å². The number of piperazine rings is 1. The number of benzene rings is 1. The fraction of sp³-hybridized carbons (Fsp3) is 0.562. The van der Waals surface area contributed by atoms with Crippen LogP contribution in [0.5, 0.6) is 0 Å². The highest BCUT2D eigenvalue weighted by Crippen LogP contribution is 2.30. The van der Waals surface area contributed by atoms with Crippen molar-refractivity contribution < 1.29 is 9.13 Å². The maximum absolute atomic E-state index is 13.3. The number of hydrogen-bond acceptors (Lipinski definition) is 5. The van der Waals surface area contributed by atoms with E-state index in [0.717, 1.165) is 67.6 Å². The normalized spacial score (nSPS) is 21.6. The van der Waals surface area contributed by atoms with Crippen molar-refractivity contribution in [2.75, 3.05) is 44.3 Å². The lowest BCUT2D eigenvalue weighted by molar-refractivity contribution is 0.0321. The quantitative estimate of drug-likeness (QED) is 0.850. The summed E-state index contributed by atoms with van der Waals surface area (Å²) in [6, 6.07) is 5.51. The summed E-state index contributed by atoms with van der Waals surface area (Å²) < 4.78 is 19.7. The summed E-state index contributed by atoms with van der Waals surface area (Å²) in [7, 11) is 0. The summed E-state index contributed by atoms with van der Waals surface area (Å²) in [6.45, 7) is 5.95. The zero-order valence-corrected chi connectivity index (χ0v) is 13.3. The molecule has 0 saturated carbocycles. The van der Waals surface area contributed by atoms with E-state index in [1.807, 2.05) is 0 Å². The molecule has 4 nitrogen and oxygen atoms in total. The van der Waals surface area contributed by atoms with Crippen LogP contribution in [0, 0.1) is 5.82 Å². The molecular weight excluding hydrogens is 301 g/mol. The van der Waals surface area contributed by atoms with Crippen LogP contribution in [0.3, 0.4) is 0 Å². The van der Waals surface area contributed by atoms with E-state index < -0.39 is 0 Å². The molecule has 0 spiro atoms. The van der Waals surface area contributed by atoms with E-state index in [-0.39, 0.29) is 5.82 Å². The molecule has 2 fully saturated rings. The first-order valence-corrected chi connectivity index (χ1v) is 8.74. The summed E-state index contributed by atoms with van der Waals surface area (Å²) in [5.41, 5.74) is 0.897. The minimum Gasteiger partial charge on any atom is -0.381 e. The molecule has 0 aliphatic carbocycles. The molecule has 0 atom stereocenters. The van der Waals surface area contributed by atoms with Crippen molar-refractivity contribution in [3.05, 3.63) is 24.0 Å². The number of thiazole rings is 1. The van der Waals surface area contributed by atoms with Crippen molar-refractivity contribution in [3.8, 4) is 0 Å². The van der Waals surface area contributed by atoms with Gasteiger partial charge in [0.1, 0.15) is 5.82 Å². The van der Waals surface area contributed by atoms with Crippen LogP contribution >= 0.6 is 11.3 Å². The third-order valence-corrected chi connectivity index (χ3v) is 5.71. The number of hydrogen-bond donors (Lipinski definition) is 0. The van der Waals surface area contributed by atoms with Gasteiger partial charge in [-0.1, -0.05) is 11.3 Å². The van der Waals surface area contributed by atoms with Gasteiger partial charge in [-0.2, -0.15) is 0 Å². The van der Waals surface area contributed by atoms with Crippen LogP contribution in [0.25, 0.3) is 10.2 Å². The van der Waals surface area contributed by atoms with Crippen LogP contribution < -0.4 is 4.90 Å². The molecular formula is C16H20FN3OS. The maximum Gasteiger partial charge on any atom is 0.186 e. The highest BCUT2D eigenvalue weighted by atomic mass is 32.1. The van der Waals surface area contributed by atoms with E-state index >= 15 is 0 Å². The highest BCUT2D eigenvalue weighted by molar-refractivity contribution is 7.22. The Morgan fingerprint density at radius 1 is 1.14 bits per heavy atom. The van der Waals surface area contributed by atoms with E-state index in [2.05, 4.69) is 14.8 Å². The zero-order valence-electron chi connectivity index (χ0n) is 12.5. The Labute approximate surface area is 133 Å². The van der Waals surface area contributed by atoms with E-state index in [9.17, 15) is 4.39 Å². The molecule has 2 aliphatic rings. The lowest BCUT2D eigenvalue weighted by Gasteiger charge is -2.40. The van der Waals surface area contributed by atoms with Crippen molar-refractivity contribution >= 4 is 26.7 Å². The fourth-order valence-electron chi connectivity index (χ4n) is 3.35. The second-order valence-electron chi connectivity index (χ2n) is 5.98. The molecule has 0 N–H and O–H groups in total. The molecule has 1 aromatic heterocycles. The lowest BCUT2D eigenvalue weighted by Crippen LogP contribution is -2.51. The maximum atomic E-state index is 13.3. The van der Waals surface area contributed by atoms with Gasteiger partial charge in [0.15, 0.2) is 5.13 Å². The smallest absolute Gasteiger partial charge is 0.186 e. The average Bonchev–Trinajstić information content (AvgIpc) is 2.99. The monoisotopic (exact) mass is 321 g/mol. The fourth-order valence-corrected chi connectivity index (χ4v) is 4.39. The number of nitrogens with zero attached hydrogens (tertiary/aromatic N) is 3. The molecule has 1 aromatic carbocycles. The van der Waals surface area contributed by atoms with E-state index in [1.165, 1.54) is 6.07 Å². The number of fused-ring (bicyclic) bond motifs is 1. The van der Waals surface area contributed by atoms with Gasteiger partial charge in [0.05, 0.1) is 10.2 Å². The van der Waals surface area contributed by atoms with Crippen molar-refractivity contribution in [2.24, 2.45) is 0 Å². The van der Waals surface area contributed by atoms with Gasteiger partial charge in [-0.3, -0.25) is 4.90 Å². The van der Waals surface area contributed by atoms with Crippen LogP contribution in [-0.4, -0.2) is 55.3 Å². The van der Waals surface area contributed by atoms with Gasteiger partial charge in [-0.25, -0.2) is 9.37 Å². The summed E-state index contributed by atoms with van der Waals surface area (Å²) in [4.78, 5) is 9.58. The number of ether oxygens (including phenoxy) is 1. The number of aromatic nitrogens is 1. The minimum absolute atomic E-state index is 0.188. The molecule has 0 unspecified atom stereocenters. The van der Waals surface area contributed by atoms with E-state index in [0.29, 0.717) is 6.04 Å². The molecule has 0 bridgehead atoms. The second kappa shape index (κ2) is 6.10. The SMILES string of the molecule is Fc1ccc2nc(N3CCN(C4CCOCC4)CC3)sc2c1. The second-order valence-corrected chi connectivity index (χ2v) is 6.98. The molecule has 2 aliphatic heterocycles. The van der Waals surface area contributed by atoms with Crippen LogP contribution in [-0.2, 0) is 4.74 Å². The zero-order chi connectivity index (χ0) is 14.9. The predicted molar refractivity (Wildman–Crippen MR) is 87.2 cm³/mol. The summed E-state index contributed by atoms with van der Waals surface area (Å²) in [5, 5.41) is 1.02. The molecule has 3 heterocycles. The van der Waals surface area contributed by atoms with Gasteiger partial charge in [-0.15, -0.1) is 0 Å². The molecule has 0 amide bonds. The first-order valence-electron chi connectivity index (χ1n) is 7.92. The first kappa shape index (κ1) is 14.4. The van der Waals surface area contributed by atoms with Crippen LogP contribution in [0.2, 0.25) is 0 Å². The van der Waals surface area contributed by atoms with Crippen molar-refractivity contribution in [3.63, 3.8) is 0 Å². The summed E-state index contributed by atoms with van der Waals surface area (Å²) in [6.07, 6.45) is 2.31. The summed E-state index contributed by atoms with van der Waals surface area (Å²) in [5.74, 6) is -0.188. The Bertz CT molecular complexity index is 648. The molecule has 118 valence electrons. The topological polar surface area (TPSA) is 28.6 Å². The summed E-state index contributed by atoms with van der Waals surface area (Å²) >= 11 is 1.59. The van der Waals surface area contributed by atoms with Crippen molar-refractivity contribution in [1.29, 1.82) is 0 Å². The first-order chi connectivity index (χ1) is 10.8. The van der Waals surface area contributed by atoms with Gasteiger partial charge in [0.2, 0.25) is 0 Å². The standard InChI is InChI=1S/C16H20FN3OS/c17-12-1-2-14-15(11-12)22-16(18-14)20-7-5-19(6-8-20)13-3-9-21-10-4-13/h1-2,11,13H,3-10H2. The van der Waals surface area contributed by atoms with Crippen LogP contribution in [0.4, 0.5) is 9.52 Å². The van der Waals surface area contributed by atoms with Gasteiger partial charge in [0, 0.05) is 45.4 Å². The van der Waals surface area contributed by atoms with Crippen LogP contribution in [0.15, 0.2) is 18.2 Å². The Kier molecular flexibility index (Phi) is 3.98. The highest BCUT2D eigenvalue weighted by Gasteiger charge is 2.26. The third-order valence-electron chi connectivity index (χ3n) is 4.63. The molecule has 2 aromatic rings. The Morgan fingerprint density at radius 2 is 1.91 bits per heavy atom. The molecule has 22 heavy (non-hydrogen) atoms. The minimum atomic E-state index is -0.188. The van der Waals surface area contributed by atoms with Crippen molar-refractivity contribution in [2.45, 2.75) is 18.9 Å². The number of rotatable bonds is 2. The predicted octanol–water partition coefficient (Wildman–Crippen LogP) is 2.74. The van der Waals surface area contributed by atoms with Crippen molar-refractivity contribution in [1.82, 2.24) is 9.88 Å². The Hall–Kier alpha value is -1.24. The van der Waals surface area contributed by atoms with Gasteiger partial charge in [-0.05, 0) is 31.0 Å². The van der Waals surface area contributed by atoms with Gasteiger partial charge < -0.3 is 9.64 Å². The molecule has 6 heteroatoms. The van der Waals surface area contributed by atoms with E-state index in [4.69, 9.17) is 4.74 Å². The lowest BCUT2D eigenvalue weighted by atomic mass is 10.1. The van der Waals surface area contributed by atoms with Gasteiger partial charge >= 0.3 is 0 Å². The Balaban J connectivity index is 1.43. The Morgan fingerprint density at radius 3 is 2.68 bits per heavy atom. The molecule has 2 saturated heterocycles. The van der Waals surface area contributed by atoms with Gasteiger partial charge in [0.25, 0.3) is 0 Å². The molecule has 4 rings (SSSR count). The molecule has 0 radical (unpaired) electrons. The number of halogens is 1. The van der Waals surface area contributed by atoms with E-state index in [1.54, 1.807) is 23.5 Å².